The third-order valence-corrected chi connectivity index (χ3v) is 7.26. The molecule has 2 unspecified atom stereocenters. The van der Waals surface area contributed by atoms with Crippen molar-refractivity contribution >= 4 is 17.5 Å². The summed E-state index contributed by atoms with van der Waals surface area (Å²) in [7, 11) is 5.52. The maximum Gasteiger partial charge on any atom is 0.315 e. The fourth-order valence-electron chi connectivity index (χ4n) is 5.53. The van der Waals surface area contributed by atoms with E-state index >= 15 is 0 Å². The highest BCUT2D eigenvalue weighted by Gasteiger charge is 2.62. The van der Waals surface area contributed by atoms with E-state index in [0.29, 0.717) is 17.0 Å². The van der Waals surface area contributed by atoms with Gasteiger partial charge in [-0.25, -0.2) is 0 Å². The van der Waals surface area contributed by atoms with Gasteiger partial charge in [-0.1, -0.05) is 0 Å². The summed E-state index contributed by atoms with van der Waals surface area (Å²) < 4.78 is 32.6. The zero-order chi connectivity index (χ0) is 28.6. The molecule has 1 aromatic carbocycles. The number of benzene rings is 1. The lowest BCUT2D eigenvalue weighted by Gasteiger charge is -2.35. The zero-order valence-electron chi connectivity index (χ0n) is 22.3. The van der Waals surface area contributed by atoms with Crippen LogP contribution in [0.25, 0.3) is 0 Å². The van der Waals surface area contributed by atoms with E-state index in [4.69, 9.17) is 28.4 Å². The van der Waals surface area contributed by atoms with Gasteiger partial charge in [-0.05, 0) is 31.5 Å². The number of hydrogen-bond donors (Lipinski definition) is 1. The van der Waals surface area contributed by atoms with Crippen LogP contribution in [0.1, 0.15) is 25.3 Å². The molecular weight excluding hydrogens is 520 g/mol. The number of allylic oxidation sites excluding steroid dienone is 1. The van der Waals surface area contributed by atoms with Crippen LogP contribution in [0.5, 0.6) is 17.2 Å². The predicted molar refractivity (Wildman–Crippen MR) is 131 cm³/mol. The molecule has 2 fully saturated rings. The number of Topliss-reactive ketones (excluding diaryl/α,β-unsaturated/α-hetero) is 1. The van der Waals surface area contributed by atoms with Gasteiger partial charge in [-0.2, -0.15) is 0 Å². The summed E-state index contributed by atoms with van der Waals surface area (Å²) in [5, 5.41) is 21.6. The number of methoxy groups -OCH3 is 4. The smallest absolute Gasteiger partial charge is 0.315 e. The molecule has 6 atom stereocenters. The number of nitrogens with zero attached hydrogens (tertiary/aromatic N) is 2. The standard InChI is InChI=1S/C25H30N2O12/c1-11-17(22(28)25(30)10-38-21-16(39-27(31)32)9-37-23(21)25)19(18(12(2)26-11)24(29)36-6)13-7-14(33-3)20(35-5)15(8-13)34-4/h7-8,16,18-19,21,23,30H,9-10H2,1-6H3/t16-,18?,19?,21-,23+,25-/m1/s1. The number of ether oxygens (including phenoxy) is 6. The van der Waals surface area contributed by atoms with Crippen molar-refractivity contribution < 1.29 is 53.0 Å². The minimum Gasteiger partial charge on any atom is -0.493 e. The van der Waals surface area contributed by atoms with Gasteiger partial charge in [0, 0.05) is 22.9 Å². The van der Waals surface area contributed by atoms with E-state index in [9.17, 15) is 24.8 Å². The average Bonchev–Trinajstić information content (AvgIpc) is 3.47. The topological polar surface area (TPSA) is 174 Å². The summed E-state index contributed by atoms with van der Waals surface area (Å²) in [4.78, 5) is 47.3. The molecule has 3 aliphatic heterocycles. The number of esters is 1. The van der Waals surface area contributed by atoms with E-state index in [1.807, 2.05) is 0 Å². The van der Waals surface area contributed by atoms with Crippen molar-refractivity contribution in [3.8, 4) is 17.2 Å². The first-order valence-corrected chi connectivity index (χ1v) is 12.0. The Kier molecular flexibility index (Phi) is 7.82. The third-order valence-electron chi connectivity index (χ3n) is 7.26. The molecule has 0 aromatic heterocycles. The molecule has 0 amide bonds. The van der Waals surface area contributed by atoms with E-state index in [-0.39, 0.29) is 29.4 Å². The molecule has 14 nitrogen and oxygen atoms in total. The van der Waals surface area contributed by atoms with E-state index in [0.717, 1.165) is 0 Å². The number of rotatable bonds is 9. The maximum absolute atomic E-state index is 14.2. The number of carbonyl (C=O) groups is 2. The largest absolute Gasteiger partial charge is 0.493 e. The van der Waals surface area contributed by atoms with Crippen LogP contribution in [0, 0.1) is 16.0 Å². The van der Waals surface area contributed by atoms with Crippen molar-refractivity contribution in [2.75, 3.05) is 41.7 Å². The molecule has 39 heavy (non-hydrogen) atoms. The molecule has 3 aliphatic rings. The molecule has 4 rings (SSSR count). The molecule has 0 saturated carbocycles. The van der Waals surface area contributed by atoms with Gasteiger partial charge in [-0.3, -0.25) is 14.6 Å². The second-order valence-corrected chi connectivity index (χ2v) is 9.34. The predicted octanol–water partition coefficient (Wildman–Crippen LogP) is 1.01. The van der Waals surface area contributed by atoms with Crippen LogP contribution >= 0.6 is 0 Å². The molecule has 14 heteroatoms. The molecular formula is C25H30N2O12. The Hall–Kier alpha value is -3.75. The number of aliphatic imine (C=N–C) groups is 1. The second kappa shape index (κ2) is 10.8. The van der Waals surface area contributed by atoms with Gasteiger partial charge in [0.2, 0.25) is 5.75 Å². The zero-order valence-corrected chi connectivity index (χ0v) is 22.3. The van der Waals surface area contributed by atoms with Crippen LogP contribution in [0.3, 0.4) is 0 Å². The van der Waals surface area contributed by atoms with Crippen molar-refractivity contribution in [3.63, 3.8) is 0 Å². The van der Waals surface area contributed by atoms with Crippen LogP contribution in [-0.2, 0) is 28.6 Å². The highest BCUT2D eigenvalue weighted by Crippen LogP contribution is 2.48. The van der Waals surface area contributed by atoms with Crippen LogP contribution in [0.4, 0.5) is 0 Å². The lowest BCUT2D eigenvalue weighted by atomic mass is 9.71. The van der Waals surface area contributed by atoms with E-state index in [1.165, 1.54) is 28.4 Å². The summed E-state index contributed by atoms with van der Waals surface area (Å²) >= 11 is 0. The molecule has 1 N–H and O–H groups in total. The van der Waals surface area contributed by atoms with Crippen molar-refractivity contribution in [3.05, 3.63) is 39.1 Å². The summed E-state index contributed by atoms with van der Waals surface area (Å²) in [6.07, 6.45) is -3.43. The fraction of sp³-hybridized carbons (Fsp3) is 0.560. The molecule has 0 spiro atoms. The Balaban J connectivity index is 1.85. The number of fused-ring (bicyclic) bond motifs is 1. The Morgan fingerprint density at radius 2 is 1.74 bits per heavy atom. The summed E-state index contributed by atoms with van der Waals surface area (Å²) in [5.41, 5.74) is -1.16. The highest BCUT2D eigenvalue weighted by atomic mass is 17.0. The average molecular weight is 551 g/mol. The number of hydrogen-bond acceptors (Lipinski definition) is 13. The minimum absolute atomic E-state index is 0.0132. The maximum atomic E-state index is 14.2. The molecule has 0 aliphatic carbocycles. The fourth-order valence-corrected chi connectivity index (χ4v) is 5.53. The Morgan fingerprint density at radius 3 is 2.28 bits per heavy atom. The number of carbonyl (C=O) groups excluding carboxylic acids is 2. The van der Waals surface area contributed by atoms with Crippen molar-refractivity contribution in [1.82, 2.24) is 0 Å². The monoisotopic (exact) mass is 550 g/mol. The highest BCUT2D eigenvalue weighted by molar-refractivity contribution is 6.11. The molecule has 2 saturated heterocycles. The van der Waals surface area contributed by atoms with E-state index in [2.05, 4.69) is 9.83 Å². The van der Waals surface area contributed by atoms with Gasteiger partial charge in [-0.15, -0.1) is 10.1 Å². The number of aliphatic hydroxyl groups is 1. The van der Waals surface area contributed by atoms with E-state index < -0.39 is 59.2 Å². The SMILES string of the molecule is COC(=O)C1C(C)=NC(C)=C(C(=O)[C@]2(O)CO[C@@H]3[C@H](O[N+](=O)[O-])CO[C@@H]32)C1c1cc(OC)c(OC)c(OC)c1. The normalized spacial score (nSPS) is 29.8. The lowest BCUT2D eigenvalue weighted by molar-refractivity contribution is -0.769. The molecule has 212 valence electrons. The van der Waals surface area contributed by atoms with Crippen molar-refractivity contribution in [1.29, 1.82) is 0 Å². The molecule has 0 bridgehead atoms. The first-order chi connectivity index (χ1) is 18.5. The quantitative estimate of drug-likeness (QED) is 0.263. The Bertz CT molecular complexity index is 1220. The minimum atomic E-state index is -2.24. The van der Waals surface area contributed by atoms with Crippen molar-refractivity contribution in [2.45, 2.75) is 43.7 Å². The Morgan fingerprint density at radius 1 is 1.10 bits per heavy atom. The summed E-state index contributed by atoms with van der Waals surface area (Å²) in [6.45, 7) is 2.45. The van der Waals surface area contributed by atoms with Crippen LogP contribution in [0.15, 0.2) is 28.4 Å². The van der Waals surface area contributed by atoms with Crippen molar-refractivity contribution in [2.24, 2.45) is 10.9 Å². The van der Waals surface area contributed by atoms with Crippen LogP contribution in [0.2, 0.25) is 0 Å². The van der Waals surface area contributed by atoms with E-state index in [1.54, 1.807) is 26.0 Å². The third kappa shape index (κ3) is 4.68. The molecule has 0 radical (unpaired) electrons. The van der Waals surface area contributed by atoms with Gasteiger partial charge < -0.3 is 38.4 Å². The molecule has 1 aromatic rings. The first-order valence-electron chi connectivity index (χ1n) is 12.0. The van der Waals surface area contributed by atoms with Gasteiger partial charge in [0.25, 0.3) is 5.09 Å². The Labute approximate surface area is 223 Å². The van der Waals surface area contributed by atoms with Gasteiger partial charge in [0.15, 0.2) is 29.0 Å². The van der Waals surface area contributed by atoms with Crippen LogP contribution < -0.4 is 14.2 Å². The number of ketones is 1. The summed E-state index contributed by atoms with van der Waals surface area (Å²) in [5.74, 6) is -2.64. The summed E-state index contributed by atoms with van der Waals surface area (Å²) in [6, 6.07) is 3.21. The van der Waals surface area contributed by atoms with Gasteiger partial charge in [0.05, 0.1) is 41.7 Å². The van der Waals surface area contributed by atoms with Crippen LogP contribution in [-0.4, -0.2) is 93.2 Å². The van der Waals surface area contributed by atoms with Gasteiger partial charge in [0.1, 0.15) is 18.1 Å². The van der Waals surface area contributed by atoms with Gasteiger partial charge >= 0.3 is 5.97 Å². The first kappa shape index (κ1) is 28.3. The second-order valence-electron chi connectivity index (χ2n) is 9.34. The molecule has 3 heterocycles. The lowest BCUT2D eigenvalue weighted by Crippen LogP contribution is -2.53.